The number of amides is 1. The van der Waals surface area contributed by atoms with Gasteiger partial charge in [0.25, 0.3) is 0 Å². The van der Waals surface area contributed by atoms with E-state index in [1.165, 1.54) is 12.4 Å². The van der Waals surface area contributed by atoms with Gasteiger partial charge in [-0.1, -0.05) is 24.8 Å². The highest BCUT2D eigenvalue weighted by Crippen LogP contribution is 2.36. The quantitative estimate of drug-likeness (QED) is 0.627. The fourth-order valence-electron chi connectivity index (χ4n) is 3.58. The Morgan fingerprint density at radius 3 is 2.63 bits per heavy atom. The van der Waals surface area contributed by atoms with Gasteiger partial charge >= 0.3 is 0 Å². The molecule has 7 heteroatoms. The summed E-state index contributed by atoms with van der Waals surface area (Å²) in [5.74, 6) is 1.93. The van der Waals surface area contributed by atoms with E-state index < -0.39 is 0 Å². The van der Waals surface area contributed by atoms with E-state index in [0.717, 1.165) is 29.4 Å². The molecule has 0 aliphatic carbocycles. The number of ether oxygens (including phenoxy) is 2. The SMILES string of the molecule is C=CC(=O)N1CCC(Oc2cc3c(Nc4ccccc4)ncnc3cc2OC)CC1. The van der Waals surface area contributed by atoms with Crippen molar-refractivity contribution in [1.29, 1.82) is 0 Å². The first-order chi connectivity index (χ1) is 14.7. The number of hydrogen-bond acceptors (Lipinski definition) is 6. The predicted octanol–water partition coefficient (Wildman–Crippen LogP) is 3.94. The van der Waals surface area contributed by atoms with Crippen molar-refractivity contribution >= 4 is 28.3 Å². The van der Waals surface area contributed by atoms with Gasteiger partial charge in [-0.25, -0.2) is 9.97 Å². The van der Waals surface area contributed by atoms with Crippen LogP contribution in [0, 0.1) is 0 Å². The Balaban J connectivity index is 1.59. The first kappa shape index (κ1) is 19.7. The maximum absolute atomic E-state index is 11.8. The number of hydrogen-bond donors (Lipinski definition) is 1. The third-order valence-corrected chi connectivity index (χ3v) is 5.18. The van der Waals surface area contributed by atoms with Crippen LogP contribution in [0.1, 0.15) is 12.8 Å². The number of methoxy groups -OCH3 is 1. The number of nitrogens with zero attached hydrogens (tertiary/aromatic N) is 3. The summed E-state index contributed by atoms with van der Waals surface area (Å²) in [5.41, 5.74) is 1.70. The molecular formula is C23H24N4O3. The van der Waals surface area contributed by atoms with E-state index in [9.17, 15) is 4.79 Å². The van der Waals surface area contributed by atoms with Crippen LogP contribution in [-0.2, 0) is 4.79 Å². The van der Waals surface area contributed by atoms with Gasteiger partial charge in [-0.2, -0.15) is 0 Å². The summed E-state index contributed by atoms with van der Waals surface area (Å²) in [7, 11) is 1.61. The molecule has 0 spiro atoms. The summed E-state index contributed by atoms with van der Waals surface area (Å²) < 4.78 is 11.8. The van der Waals surface area contributed by atoms with E-state index in [1.807, 2.05) is 42.5 Å². The van der Waals surface area contributed by atoms with E-state index in [4.69, 9.17) is 9.47 Å². The van der Waals surface area contributed by atoms with Crippen LogP contribution in [0.5, 0.6) is 11.5 Å². The third kappa shape index (κ3) is 4.20. The molecule has 154 valence electrons. The Morgan fingerprint density at radius 1 is 1.17 bits per heavy atom. The molecule has 1 aliphatic heterocycles. The van der Waals surface area contributed by atoms with E-state index in [2.05, 4.69) is 21.9 Å². The Bertz CT molecular complexity index is 1050. The number of piperidine rings is 1. The van der Waals surface area contributed by atoms with Crippen molar-refractivity contribution in [3.8, 4) is 11.5 Å². The highest BCUT2D eigenvalue weighted by Gasteiger charge is 2.24. The van der Waals surface area contributed by atoms with Gasteiger partial charge in [0.15, 0.2) is 11.5 Å². The Morgan fingerprint density at radius 2 is 1.93 bits per heavy atom. The molecular weight excluding hydrogens is 380 g/mol. The summed E-state index contributed by atoms with van der Waals surface area (Å²) in [6, 6.07) is 13.6. The number of aromatic nitrogens is 2. The van der Waals surface area contributed by atoms with Crippen molar-refractivity contribution in [2.24, 2.45) is 0 Å². The summed E-state index contributed by atoms with van der Waals surface area (Å²) in [4.78, 5) is 22.4. The molecule has 0 atom stereocenters. The van der Waals surface area contributed by atoms with Gasteiger partial charge in [0.2, 0.25) is 5.91 Å². The normalized spacial score (nSPS) is 14.4. The Labute approximate surface area is 175 Å². The Kier molecular flexibility index (Phi) is 5.79. The van der Waals surface area contributed by atoms with Crippen molar-refractivity contribution < 1.29 is 14.3 Å². The number of nitrogens with one attached hydrogen (secondary N) is 1. The summed E-state index contributed by atoms with van der Waals surface area (Å²) >= 11 is 0. The second kappa shape index (κ2) is 8.82. The second-order valence-corrected chi connectivity index (χ2v) is 7.08. The molecule has 0 radical (unpaired) electrons. The lowest BCUT2D eigenvalue weighted by Crippen LogP contribution is -2.41. The van der Waals surface area contributed by atoms with Crippen LogP contribution in [0.25, 0.3) is 10.9 Å². The molecule has 1 fully saturated rings. The van der Waals surface area contributed by atoms with Gasteiger partial charge in [0.05, 0.1) is 12.6 Å². The predicted molar refractivity (Wildman–Crippen MR) is 116 cm³/mol. The summed E-state index contributed by atoms with van der Waals surface area (Å²) in [6.45, 7) is 4.85. The fourth-order valence-corrected chi connectivity index (χ4v) is 3.58. The molecule has 1 aromatic heterocycles. The smallest absolute Gasteiger partial charge is 0.245 e. The zero-order valence-electron chi connectivity index (χ0n) is 16.9. The lowest BCUT2D eigenvalue weighted by atomic mass is 10.1. The van der Waals surface area contributed by atoms with E-state index in [0.29, 0.717) is 30.4 Å². The maximum atomic E-state index is 11.8. The van der Waals surface area contributed by atoms with Gasteiger partial charge in [0.1, 0.15) is 18.2 Å². The lowest BCUT2D eigenvalue weighted by Gasteiger charge is -2.31. The molecule has 3 aromatic rings. The molecule has 0 bridgehead atoms. The van der Waals surface area contributed by atoms with Gasteiger partial charge in [-0.15, -0.1) is 0 Å². The molecule has 0 saturated carbocycles. The van der Waals surface area contributed by atoms with Gasteiger partial charge in [-0.3, -0.25) is 4.79 Å². The van der Waals surface area contributed by atoms with Gasteiger partial charge < -0.3 is 19.7 Å². The molecule has 2 aromatic carbocycles. The number of para-hydroxylation sites is 1. The fraction of sp³-hybridized carbons (Fsp3) is 0.261. The van der Waals surface area contributed by atoms with Crippen molar-refractivity contribution in [3.05, 3.63) is 61.4 Å². The van der Waals surface area contributed by atoms with E-state index in [1.54, 1.807) is 12.0 Å². The van der Waals surface area contributed by atoms with Gasteiger partial charge in [-0.05, 0) is 24.3 Å². The number of carbonyl (C=O) groups is 1. The van der Waals surface area contributed by atoms with Crippen molar-refractivity contribution in [2.45, 2.75) is 18.9 Å². The maximum Gasteiger partial charge on any atom is 0.245 e. The molecule has 0 unspecified atom stereocenters. The number of anilines is 2. The monoisotopic (exact) mass is 404 g/mol. The average Bonchev–Trinajstić information content (AvgIpc) is 2.79. The minimum Gasteiger partial charge on any atom is -0.493 e. The number of likely N-dealkylation sites (tertiary alicyclic amines) is 1. The lowest BCUT2D eigenvalue weighted by molar-refractivity contribution is -0.127. The third-order valence-electron chi connectivity index (χ3n) is 5.18. The minimum atomic E-state index is -0.0366. The first-order valence-corrected chi connectivity index (χ1v) is 9.90. The molecule has 1 saturated heterocycles. The number of carbonyl (C=O) groups excluding carboxylic acids is 1. The topological polar surface area (TPSA) is 76.6 Å². The van der Waals surface area contributed by atoms with Crippen LogP contribution in [0.3, 0.4) is 0 Å². The van der Waals surface area contributed by atoms with Crippen LogP contribution >= 0.6 is 0 Å². The molecule has 7 nitrogen and oxygen atoms in total. The van der Waals surface area contributed by atoms with Crippen molar-refractivity contribution in [1.82, 2.24) is 14.9 Å². The molecule has 1 aliphatic rings. The molecule has 30 heavy (non-hydrogen) atoms. The summed E-state index contributed by atoms with van der Waals surface area (Å²) in [6.07, 6.45) is 4.39. The zero-order chi connectivity index (χ0) is 20.9. The molecule has 1 amide bonds. The van der Waals surface area contributed by atoms with E-state index in [-0.39, 0.29) is 12.0 Å². The zero-order valence-corrected chi connectivity index (χ0v) is 16.9. The van der Waals surface area contributed by atoms with Crippen LogP contribution < -0.4 is 14.8 Å². The average molecular weight is 404 g/mol. The van der Waals surface area contributed by atoms with Crippen LogP contribution in [0.15, 0.2) is 61.4 Å². The standard InChI is InChI=1S/C23H24N4O3/c1-3-22(28)27-11-9-17(10-12-27)30-21-13-18-19(14-20(21)29-2)24-15-25-23(18)26-16-7-5-4-6-8-16/h3-8,13-15,17H,1,9-12H2,2H3,(H,24,25,26). The van der Waals surface area contributed by atoms with Crippen molar-refractivity contribution in [3.63, 3.8) is 0 Å². The van der Waals surface area contributed by atoms with E-state index >= 15 is 0 Å². The number of rotatable bonds is 6. The largest absolute Gasteiger partial charge is 0.493 e. The molecule has 4 rings (SSSR count). The van der Waals surface area contributed by atoms with Gasteiger partial charge in [0, 0.05) is 43.1 Å². The minimum absolute atomic E-state index is 0.000350. The summed E-state index contributed by atoms with van der Waals surface area (Å²) in [5, 5.41) is 4.18. The van der Waals surface area contributed by atoms with Crippen LogP contribution in [-0.4, -0.2) is 47.1 Å². The van der Waals surface area contributed by atoms with Crippen LogP contribution in [0.4, 0.5) is 11.5 Å². The second-order valence-electron chi connectivity index (χ2n) is 7.08. The highest BCUT2D eigenvalue weighted by atomic mass is 16.5. The first-order valence-electron chi connectivity index (χ1n) is 9.90. The molecule has 1 N–H and O–H groups in total. The van der Waals surface area contributed by atoms with Crippen LogP contribution in [0.2, 0.25) is 0 Å². The number of benzene rings is 2. The number of fused-ring (bicyclic) bond motifs is 1. The highest BCUT2D eigenvalue weighted by molar-refractivity contribution is 5.93. The molecule has 2 heterocycles. The Hall–Kier alpha value is -3.61. The van der Waals surface area contributed by atoms with Crippen molar-refractivity contribution in [2.75, 3.05) is 25.5 Å².